The molecule has 1 aliphatic rings. The zero-order valence-corrected chi connectivity index (χ0v) is 15.0. The van der Waals surface area contributed by atoms with E-state index in [1.807, 2.05) is 17.9 Å². The SMILES string of the molecule is CCN1C(c2cccnc2)=NC(C)=C(C(=O)O)C1c1ccc(F)cc1Cl. The van der Waals surface area contributed by atoms with Crippen LogP contribution in [-0.2, 0) is 4.79 Å². The number of aromatic nitrogens is 1. The van der Waals surface area contributed by atoms with E-state index in [2.05, 4.69) is 9.98 Å². The van der Waals surface area contributed by atoms with Gasteiger partial charge in [-0.05, 0) is 43.7 Å². The van der Waals surface area contributed by atoms with E-state index in [0.717, 1.165) is 5.56 Å². The molecule has 0 fully saturated rings. The maximum Gasteiger partial charge on any atom is 0.335 e. The number of pyridine rings is 1. The molecule has 1 aliphatic heterocycles. The van der Waals surface area contributed by atoms with Crippen molar-refractivity contribution in [2.75, 3.05) is 6.54 Å². The normalized spacial score (nSPS) is 17.3. The lowest BCUT2D eigenvalue weighted by molar-refractivity contribution is -0.133. The first-order valence-corrected chi connectivity index (χ1v) is 8.46. The van der Waals surface area contributed by atoms with Crippen molar-refractivity contribution in [3.63, 3.8) is 0 Å². The maximum atomic E-state index is 13.5. The van der Waals surface area contributed by atoms with Crippen molar-refractivity contribution in [1.82, 2.24) is 9.88 Å². The van der Waals surface area contributed by atoms with E-state index in [9.17, 15) is 14.3 Å². The van der Waals surface area contributed by atoms with Gasteiger partial charge in [0.1, 0.15) is 11.7 Å². The Hall–Kier alpha value is -2.73. The van der Waals surface area contributed by atoms with Crippen LogP contribution in [0.5, 0.6) is 0 Å². The summed E-state index contributed by atoms with van der Waals surface area (Å²) in [5.74, 6) is -0.954. The molecular formula is C19H17ClFN3O2. The summed E-state index contributed by atoms with van der Waals surface area (Å²) < 4.78 is 13.5. The number of halogens is 2. The van der Waals surface area contributed by atoms with Gasteiger partial charge in [0.15, 0.2) is 0 Å². The van der Waals surface area contributed by atoms with Crippen LogP contribution in [0.15, 0.2) is 59.0 Å². The van der Waals surface area contributed by atoms with Crippen molar-refractivity contribution in [3.05, 3.63) is 76.0 Å². The van der Waals surface area contributed by atoms with Crippen molar-refractivity contribution >= 4 is 23.4 Å². The molecule has 2 aromatic rings. The first-order chi connectivity index (χ1) is 12.4. The van der Waals surface area contributed by atoms with Crippen LogP contribution in [0.4, 0.5) is 4.39 Å². The molecule has 0 saturated carbocycles. The van der Waals surface area contributed by atoms with E-state index < -0.39 is 17.8 Å². The number of hydrogen-bond donors (Lipinski definition) is 1. The summed E-state index contributed by atoms with van der Waals surface area (Å²) in [6.07, 6.45) is 3.33. The van der Waals surface area contributed by atoms with Gasteiger partial charge in [0, 0.05) is 29.5 Å². The number of nitrogens with zero attached hydrogens (tertiary/aromatic N) is 3. The summed E-state index contributed by atoms with van der Waals surface area (Å²) in [5.41, 5.74) is 1.78. The first-order valence-electron chi connectivity index (χ1n) is 8.08. The predicted octanol–water partition coefficient (Wildman–Crippen LogP) is 4.06. The van der Waals surface area contributed by atoms with Crippen LogP contribution < -0.4 is 0 Å². The Morgan fingerprint density at radius 2 is 2.15 bits per heavy atom. The number of aliphatic carboxylic acids is 1. The van der Waals surface area contributed by atoms with Gasteiger partial charge in [0.2, 0.25) is 0 Å². The van der Waals surface area contributed by atoms with Crippen LogP contribution in [0.25, 0.3) is 0 Å². The van der Waals surface area contributed by atoms with Crippen LogP contribution in [0.3, 0.4) is 0 Å². The molecule has 0 amide bonds. The van der Waals surface area contributed by atoms with Gasteiger partial charge in [-0.3, -0.25) is 4.98 Å². The molecule has 1 unspecified atom stereocenters. The summed E-state index contributed by atoms with van der Waals surface area (Å²) in [7, 11) is 0. The van der Waals surface area contributed by atoms with Gasteiger partial charge in [0.25, 0.3) is 0 Å². The highest BCUT2D eigenvalue weighted by Crippen LogP contribution is 2.39. The third-order valence-corrected chi connectivity index (χ3v) is 4.60. The quantitative estimate of drug-likeness (QED) is 0.877. The van der Waals surface area contributed by atoms with Gasteiger partial charge in [0.05, 0.1) is 17.3 Å². The number of rotatable bonds is 4. The van der Waals surface area contributed by atoms with E-state index in [-0.39, 0.29) is 10.6 Å². The largest absolute Gasteiger partial charge is 0.478 e. The summed E-state index contributed by atoms with van der Waals surface area (Å²) in [6.45, 7) is 4.03. The summed E-state index contributed by atoms with van der Waals surface area (Å²) in [5, 5.41) is 9.95. The van der Waals surface area contributed by atoms with Gasteiger partial charge >= 0.3 is 5.97 Å². The van der Waals surface area contributed by atoms with Crippen molar-refractivity contribution in [2.24, 2.45) is 4.99 Å². The minimum absolute atomic E-state index is 0.119. The zero-order valence-electron chi connectivity index (χ0n) is 14.3. The first kappa shape index (κ1) is 18.1. The van der Waals surface area contributed by atoms with Crippen LogP contribution >= 0.6 is 11.6 Å². The van der Waals surface area contributed by atoms with Crippen LogP contribution in [0.1, 0.15) is 31.0 Å². The molecule has 7 heteroatoms. The van der Waals surface area contributed by atoms with Crippen LogP contribution in [0, 0.1) is 5.82 Å². The Kier molecular flexibility index (Phi) is 5.04. The second-order valence-corrected chi connectivity index (χ2v) is 6.24. The average molecular weight is 374 g/mol. The number of amidine groups is 1. The molecule has 1 aromatic heterocycles. The third kappa shape index (κ3) is 3.20. The molecule has 26 heavy (non-hydrogen) atoms. The number of carboxylic acid groups (broad SMARTS) is 1. The lowest BCUT2D eigenvalue weighted by Crippen LogP contribution is -2.41. The Morgan fingerprint density at radius 3 is 2.73 bits per heavy atom. The van der Waals surface area contributed by atoms with Gasteiger partial charge in [-0.25, -0.2) is 14.2 Å². The highest BCUT2D eigenvalue weighted by molar-refractivity contribution is 6.31. The molecule has 0 saturated heterocycles. The average Bonchev–Trinajstić information content (AvgIpc) is 2.61. The topological polar surface area (TPSA) is 65.8 Å². The molecule has 0 spiro atoms. The maximum absolute atomic E-state index is 13.5. The molecule has 0 aliphatic carbocycles. The second kappa shape index (κ2) is 7.25. The number of allylic oxidation sites excluding steroid dienone is 1. The Bertz CT molecular complexity index is 912. The van der Waals surface area contributed by atoms with Crippen molar-refractivity contribution in [3.8, 4) is 0 Å². The number of likely N-dealkylation sites (N-methyl/N-ethyl adjacent to an activating group) is 1. The van der Waals surface area contributed by atoms with Gasteiger partial charge in [-0.2, -0.15) is 0 Å². The number of benzene rings is 1. The van der Waals surface area contributed by atoms with Crippen LogP contribution in [0.2, 0.25) is 5.02 Å². The minimum atomic E-state index is -1.08. The number of aliphatic imine (C=N–C) groups is 1. The smallest absolute Gasteiger partial charge is 0.335 e. The van der Waals surface area contributed by atoms with Crippen molar-refractivity contribution < 1.29 is 14.3 Å². The predicted molar refractivity (Wildman–Crippen MR) is 97.6 cm³/mol. The fourth-order valence-electron chi connectivity index (χ4n) is 3.14. The fourth-order valence-corrected chi connectivity index (χ4v) is 3.41. The molecule has 1 atom stereocenters. The summed E-state index contributed by atoms with van der Waals surface area (Å²) >= 11 is 6.26. The van der Waals surface area contributed by atoms with E-state index in [4.69, 9.17) is 11.6 Å². The Labute approximate surface area is 155 Å². The highest BCUT2D eigenvalue weighted by atomic mass is 35.5. The minimum Gasteiger partial charge on any atom is -0.478 e. The number of carboxylic acids is 1. The molecule has 1 aromatic carbocycles. The van der Waals surface area contributed by atoms with E-state index in [0.29, 0.717) is 23.6 Å². The molecule has 134 valence electrons. The van der Waals surface area contributed by atoms with Crippen molar-refractivity contribution in [1.29, 1.82) is 0 Å². The van der Waals surface area contributed by atoms with E-state index in [1.165, 1.54) is 18.2 Å². The zero-order chi connectivity index (χ0) is 18.8. The van der Waals surface area contributed by atoms with E-state index >= 15 is 0 Å². The molecule has 0 radical (unpaired) electrons. The lowest BCUT2D eigenvalue weighted by Gasteiger charge is -2.38. The van der Waals surface area contributed by atoms with Gasteiger partial charge in [-0.15, -0.1) is 0 Å². The van der Waals surface area contributed by atoms with Crippen molar-refractivity contribution in [2.45, 2.75) is 19.9 Å². The van der Waals surface area contributed by atoms with Crippen LogP contribution in [-0.4, -0.2) is 33.3 Å². The summed E-state index contributed by atoms with van der Waals surface area (Å²) in [6, 6.07) is 6.95. The van der Waals surface area contributed by atoms with Gasteiger partial charge < -0.3 is 10.0 Å². The molecule has 1 N–H and O–H groups in total. The second-order valence-electron chi connectivity index (χ2n) is 5.84. The standard InChI is InChI=1S/C19H17ClFN3O2/c1-3-24-17(14-7-6-13(21)9-15(14)20)16(19(25)26)11(2)23-18(24)12-5-4-8-22-10-12/h4-10,17H,3H2,1-2H3,(H,25,26). The Morgan fingerprint density at radius 1 is 1.38 bits per heavy atom. The molecule has 5 nitrogen and oxygen atoms in total. The molecule has 3 rings (SSSR count). The fraction of sp³-hybridized carbons (Fsp3) is 0.211. The summed E-state index contributed by atoms with van der Waals surface area (Å²) in [4.78, 5) is 22.4. The Balaban J connectivity index is 2.23. The molecule has 0 bridgehead atoms. The number of hydrogen-bond acceptors (Lipinski definition) is 4. The monoisotopic (exact) mass is 373 g/mol. The van der Waals surface area contributed by atoms with E-state index in [1.54, 1.807) is 25.4 Å². The highest BCUT2D eigenvalue weighted by Gasteiger charge is 2.36. The molecule has 2 heterocycles. The number of carbonyl (C=O) groups is 1. The van der Waals surface area contributed by atoms with Gasteiger partial charge in [-0.1, -0.05) is 17.7 Å². The third-order valence-electron chi connectivity index (χ3n) is 4.27. The molecular weight excluding hydrogens is 357 g/mol. The lowest BCUT2D eigenvalue weighted by atomic mass is 9.93.